The average molecular weight is 311 g/mol. The first kappa shape index (κ1) is 12.5. The van der Waals surface area contributed by atoms with E-state index in [1.165, 1.54) is 12.3 Å². The van der Waals surface area contributed by atoms with Gasteiger partial charge in [0.15, 0.2) is 11.6 Å². The molecule has 2 rings (SSSR count). The van der Waals surface area contributed by atoms with E-state index in [1.54, 1.807) is 30.3 Å². The van der Waals surface area contributed by atoms with Gasteiger partial charge in [0.2, 0.25) is 0 Å². The molecule has 6 heteroatoms. The molecule has 0 atom stereocenters. The number of benzene rings is 1. The first-order valence-electron chi connectivity index (χ1n) is 5.00. The van der Waals surface area contributed by atoms with E-state index in [-0.39, 0.29) is 5.82 Å². The van der Waals surface area contributed by atoms with Gasteiger partial charge in [0.05, 0.1) is 0 Å². The van der Waals surface area contributed by atoms with Crippen LogP contribution < -0.4 is 10.1 Å². The van der Waals surface area contributed by atoms with Crippen molar-refractivity contribution in [3.63, 3.8) is 0 Å². The Balaban J connectivity index is 2.03. The Hall–Kier alpha value is -1.95. The highest BCUT2D eigenvalue weighted by Crippen LogP contribution is 2.16. The summed E-state index contributed by atoms with van der Waals surface area (Å²) in [5.41, 5.74) is 0. The zero-order chi connectivity index (χ0) is 13.0. The van der Waals surface area contributed by atoms with Crippen LogP contribution in [0.1, 0.15) is 0 Å². The number of pyridine rings is 1. The lowest BCUT2D eigenvalue weighted by Crippen LogP contribution is -2.18. The number of amides is 1. The summed E-state index contributed by atoms with van der Waals surface area (Å²) in [7, 11) is 0. The van der Waals surface area contributed by atoms with Gasteiger partial charge in [0, 0.05) is 10.7 Å². The Morgan fingerprint density at radius 1 is 1.33 bits per heavy atom. The molecule has 0 bridgehead atoms. The van der Waals surface area contributed by atoms with E-state index in [0.717, 1.165) is 0 Å². The summed E-state index contributed by atoms with van der Waals surface area (Å²) < 4.78 is 18.8. The van der Waals surface area contributed by atoms with Crippen LogP contribution in [0.2, 0.25) is 0 Å². The Morgan fingerprint density at radius 2 is 2.06 bits per heavy atom. The second-order valence-electron chi connectivity index (χ2n) is 3.31. The van der Waals surface area contributed by atoms with Crippen molar-refractivity contribution in [2.24, 2.45) is 0 Å². The van der Waals surface area contributed by atoms with Crippen molar-refractivity contribution in [1.82, 2.24) is 4.98 Å². The number of rotatable bonds is 2. The van der Waals surface area contributed by atoms with Crippen molar-refractivity contribution in [2.45, 2.75) is 0 Å². The molecule has 1 aromatic heterocycles. The summed E-state index contributed by atoms with van der Waals surface area (Å²) in [5.74, 6) is -0.457. The third kappa shape index (κ3) is 3.27. The fourth-order valence-electron chi connectivity index (χ4n) is 1.22. The van der Waals surface area contributed by atoms with Crippen molar-refractivity contribution in [1.29, 1.82) is 0 Å². The molecule has 4 nitrogen and oxygen atoms in total. The van der Waals surface area contributed by atoms with Crippen molar-refractivity contribution in [2.75, 3.05) is 5.32 Å². The fourth-order valence-corrected chi connectivity index (χ4v) is 1.53. The number of ether oxygens (including phenoxy) is 1. The highest BCUT2D eigenvalue weighted by molar-refractivity contribution is 9.10. The molecule has 0 unspecified atom stereocenters. The molecule has 1 aromatic carbocycles. The van der Waals surface area contributed by atoms with Crippen molar-refractivity contribution < 1.29 is 13.9 Å². The van der Waals surface area contributed by atoms with Crippen molar-refractivity contribution in [3.8, 4) is 5.75 Å². The lowest BCUT2D eigenvalue weighted by molar-refractivity contribution is 0.215. The van der Waals surface area contributed by atoms with E-state index in [0.29, 0.717) is 10.2 Å². The van der Waals surface area contributed by atoms with E-state index in [4.69, 9.17) is 4.74 Å². The average Bonchev–Trinajstić information content (AvgIpc) is 2.34. The number of nitrogens with zero attached hydrogens (tertiary/aromatic N) is 1. The second-order valence-corrected chi connectivity index (χ2v) is 4.23. The number of halogens is 2. The summed E-state index contributed by atoms with van der Waals surface area (Å²) in [6.45, 7) is 0. The minimum Gasteiger partial charge on any atom is -0.410 e. The molecule has 1 amide bonds. The Labute approximate surface area is 111 Å². The quantitative estimate of drug-likeness (QED) is 0.922. The van der Waals surface area contributed by atoms with Crippen LogP contribution in [-0.2, 0) is 0 Å². The topological polar surface area (TPSA) is 51.2 Å². The summed E-state index contributed by atoms with van der Waals surface area (Å²) in [4.78, 5) is 15.2. The van der Waals surface area contributed by atoms with Gasteiger partial charge in [-0.15, -0.1) is 0 Å². The van der Waals surface area contributed by atoms with Gasteiger partial charge in [-0.25, -0.2) is 14.2 Å². The van der Waals surface area contributed by atoms with Crippen LogP contribution in [0.25, 0.3) is 0 Å². The molecule has 0 saturated heterocycles. The number of hydrogen-bond acceptors (Lipinski definition) is 3. The molecule has 0 aliphatic carbocycles. The SMILES string of the molecule is O=C(Nc1ncc(Br)cc1F)Oc1ccccc1. The maximum Gasteiger partial charge on any atom is 0.418 e. The molecule has 1 heterocycles. The number of carbonyl (C=O) groups excluding carboxylic acids is 1. The highest BCUT2D eigenvalue weighted by Gasteiger charge is 2.10. The summed E-state index contributed by atoms with van der Waals surface area (Å²) in [6.07, 6.45) is 0.580. The highest BCUT2D eigenvalue weighted by atomic mass is 79.9. The Kier molecular flexibility index (Phi) is 3.88. The molecule has 0 aliphatic rings. The minimum absolute atomic E-state index is 0.181. The smallest absolute Gasteiger partial charge is 0.410 e. The fraction of sp³-hybridized carbons (Fsp3) is 0. The van der Waals surface area contributed by atoms with E-state index in [9.17, 15) is 9.18 Å². The van der Waals surface area contributed by atoms with Gasteiger partial charge in [-0.3, -0.25) is 5.32 Å². The van der Waals surface area contributed by atoms with Gasteiger partial charge < -0.3 is 4.74 Å². The zero-order valence-corrected chi connectivity index (χ0v) is 10.6. The van der Waals surface area contributed by atoms with Gasteiger partial charge >= 0.3 is 6.09 Å². The summed E-state index contributed by atoms with van der Waals surface area (Å²) >= 11 is 3.07. The van der Waals surface area contributed by atoms with E-state index >= 15 is 0 Å². The lowest BCUT2D eigenvalue weighted by Gasteiger charge is -2.06. The van der Waals surface area contributed by atoms with Crippen LogP contribution in [0.3, 0.4) is 0 Å². The van der Waals surface area contributed by atoms with E-state index < -0.39 is 11.9 Å². The number of hydrogen-bond donors (Lipinski definition) is 1. The van der Waals surface area contributed by atoms with Crippen molar-refractivity contribution in [3.05, 3.63) is 52.9 Å². The molecule has 1 N–H and O–H groups in total. The number of nitrogens with one attached hydrogen (secondary N) is 1. The van der Waals surface area contributed by atoms with Gasteiger partial charge in [-0.2, -0.15) is 0 Å². The molecular formula is C12H8BrFN2O2. The number of anilines is 1. The summed E-state index contributed by atoms with van der Waals surface area (Å²) in [6, 6.07) is 9.67. The third-order valence-electron chi connectivity index (χ3n) is 1.98. The van der Waals surface area contributed by atoms with Gasteiger partial charge in [0.1, 0.15) is 5.75 Å². The Bertz CT molecular complexity index is 563. The van der Waals surface area contributed by atoms with Crippen LogP contribution in [-0.4, -0.2) is 11.1 Å². The molecule has 0 saturated carbocycles. The van der Waals surface area contributed by atoms with Gasteiger partial charge in [-0.1, -0.05) is 18.2 Å². The molecular weight excluding hydrogens is 303 g/mol. The molecule has 0 aliphatic heterocycles. The van der Waals surface area contributed by atoms with Crippen LogP contribution in [0.15, 0.2) is 47.1 Å². The second kappa shape index (κ2) is 5.59. The zero-order valence-electron chi connectivity index (χ0n) is 9.06. The maximum atomic E-state index is 13.4. The van der Waals surface area contributed by atoms with E-state index in [2.05, 4.69) is 26.2 Å². The number of aromatic nitrogens is 1. The normalized spacial score (nSPS) is 9.89. The number of carbonyl (C=O) groups is 1. The van der Waals surface area contributed by atoms with Gasteiger partial charge in [0.25, 0.3) is 0 Å². The van der Waals surface area contributed by atoms with Crippen molar-refractivity contribution >= 4 is 27.8 Å². The Morgan fingerprint density at radius 3 is 2.72 bits per heavy atom. The van der Waals surface area contributed by atoms with Gasteiger partial charge in [-0.05, 0) is 34.1 Å². The number of para-hydroxylation sites is 1. The molecule has 18 heavy (non-hydrogen) atoms. The van der Waals surface area contributed by atoms with E-state index in [1.807, 2.05) is 0 Å². The standard InChI is InChI=1S/C12H8BrFN2O2/c13-8-6-10(14)11(15-7-8)16-12(17)18-9-4-2-1-3-5-9/h1-7H,(H,15,16,17). The first-order chi connectivity index (χ1) is 8.65. The largest absolute Gasteiger partial charge is 0.418 e. The maximum absolute atomic E-state index is 13.4. The van der Waals surface area contributed by atoms with Crippen LogP contribution in [0.5, 0.6) is 5.75 Å². The first-order valence-corrected chi connectivity index (χ1v) is 5.79. The van der Waals surface area contributed by atoms with Crippen LogP contribution in [0, 0.1) is 5.82 Å². The lowest BCUT2D eigenvalue weighted by atomic mass is 10.3. The van der Waals surface area contributed by atoms with Crippen LogP contribution in [0.4, 0.5) is 15.0 Å². The molecule has 0 radical (unpaired) electrons. The molecule has 92 valence electrons. The predicted molar refractivity (Wildman–Crippen MR) is 68.0 cm³/mol. The molecule has 0 fully saturated rings. The monoisotopic (exact) mass is 310 g/mol. The predicted octanol–water partition coefficient (Wildman–Crippen LogP) is 3.59. The third-order valence-corrected chi connectivity index (χ3v) is 2.42. The summed E-state index contributed by atoms with van der Waals surface area (Å²) in [5, 5.41) is 2.22. The van der Waals surface area contributed by atoms with Crippen LogP contribution >= 0.6 is 15.9 Å². The minimum atomic E-state index is -0.796. The molecule has 0 spiro atoms. The molecule has 2 aromatic rings.